The van der Waals surface area contributed by atoms with E-state index in [-0.39, 0.29) is 5.96 Å². The van der Waals surface area contributed by atoms with Gasteiger partial charge in [-0.2, -0.15) is 0 Å². The third-order valence-corrected chi connectivity index (χ3v) is 4.42. The van der Waals surface area contributed by atoms with Crippen LogP contribution in [0.3, 0.4) is 0 Å². The SMILES string of the molecule is CCCCCCCCCCCCCCCCC(N=C(N)N)C(=O)O. The number of carboxylic acids is 1. The van der Waals surface area contributed by atoms with Crippen molar-refractivity contribution in [1.82, 2.24) is 0 Å². The van der Waals surface area contributed by atoms with Crippen molar-refractivity contribution in [3.8, 4) is 0 Å². The van der Waals surface area contributed by atoms with Crippen molar-refractivity contribution in [2.75, 3.05) is 0 Å². The summed E-state index contributed by atoms with van der Waals surface area (Å²) in [6, 6.07) is -0.785. The van der Waals surface area contributed by atoms with Crippen molar-refractivity contribution in [3.05, 3.63) is 0 Å². The Labute approximate surface area is 148 Å². The molecule has 142 valence electrons. The summed E-state index contributed by atoms with van der Waals surface area (Å²) in [6.45, 7) is 2.26. The van der Waals surface area contributed by atoms with E-state index in [4.69, 9.17) is 16.6 Å². The molecule has 0 aromatic carbocycles. The number of aliphatic imine (C=N–C) groups is 1. The number of guanidine groups is 1. The predicted octanol–water partition coefficient (Wildman–Crippen LogP) is 4.58. The average molecular weight is 342 g/mol. The molecular formula is C19H39N3O2. The molecule has 0 aromatic heterocycles. The van der Waals surface area contributed by atoms with Gasteiger partial charge in [0.05, 0.1) is 0 Å². The van der Waals surface area contributed by atoms with Gasteiger partial charge in [-0.05, 0) is 6.42 Å². The maximum atomic E-state index is 11.0. The molecule has 0 fully saturated rings. The van der Waals surface area contributed by atoms with Crippen LogP contribution in [0, 0.1) is 0 Å². The zero-order valence-electron chi connectivity index (χ0n) is 15.6. The maximum Gasteiger partial charge on any atom is 0.328 e. The number of nitrogens with two attached hydrogens (primary N) is 2. The molecule has 5 nitrogen and oxygen atoms in total. The number of hydrogen-bond donors (Lipinski definition) is 3. The topological polar surface area (TPSA) is 102 Å². The molecule has 0 spiro atoms. The summed E-state index contributed by atoms with van der Waals surface area (Å²) in [4.78, 5) is 14.7. The van der Waals surface area contributed by atoms with E-state index in [1.165, 1.54) is 77.0 Å². The summed E-state index contributed by atoms with van der Waals surface area (Å²) in [5.74, 6) is -1.09. The normalized spacial score (nSPS) is 12.0. The lowest BCUT2D eigenvalue weighted by Crippen LogP contribution is -2.28. The Bertz CT molecular complexity index is 329. The summed E-state index contributed by atoms with van der Waals surface area (Å²) < 4.78 is 0. The van der Waals surface area contributed by atoms with Gasteiger partial charge in [-0.25, -0.2) is 9.79 Å². The van der Waals surface area contributed by atoms with E-state index in [1.807, 2.05) is 0 Å². The van der Waals surface area contributed by atoms with Gasteiger partial charge in [0, 0.05) is 0 Å². The van der Waals surface area contributed by atoms with Gasteiger partial charge >= 0.3 is 5.97 Å². The van der Waals surface area contributed by atoms with Crippen LogP contribution in [0.2, 0.25) is 0 Å². The summed E-state index contributed by atoms with van der Waals surface area (Å²) in [5.41, 5.74) is 10.5. The first kappa shape index (κ1) is 22.7. The molecule has 1 unspecified atom stereocenters. The second kappa shape index (κ2) is 16.6. The molecule has 0 radical (unpaired) electrons. The number of unbranched alkanes of at least 4 members (excludes halogenated alkanes) is 13. The number of hydrogen-bond acceptors (Lipinski definition) is 2. The summed E-state index contributed by atoms with van der Waals surface area (Å²) in [5, 5.41) is 9.01. The zero-order chi connectivity index (χ0) is 18.0. The van der Waals surface area contributed by atoms with Crippen molar-refractivity contribution in [1.29, 1.82) is 0 Å². The molecule has 0 aliphatic rings. The molecule has 0 aliphatic carbocycles. The molecule has 0 aliphatic heterocycles. The molecule has 5 heteroatoms. The summed E-state index contributed by atoms with van der Waals surface area (Å²) in [7, 11) is 0. The molecule has 24 heavy (non-hydrogen) atoms. The van der Waals surface area contributed by atoms with Crippen LogP contribution in [0.5, 0.6) is 0 Å². The standard InChI is InChI=1S/C19H39N3O2/c1-2-3-4-5-6-7-8-9-10-11-12-13-14-15-16-17(18(23)24)22-19(20)21/h17H,2-16H2,1H3,(H,23,24)(H4,20,21,22). The quantitative estimate of drug-likeness (QED) is 0.205. The van der Waals surface area contributed by atoms with Gasteiger partial charge in [0.1, 0.15) is 0 Å². The molecule has 0 aromatic rings. The van der Waals surface area contributed by atoms with Crippen LogP contribution in [0.1, 0.15) is 103 Å². The molecule has 5 N–H and O–H groups in total. The minimum absolute atomic E-state index is 0.146. The Morgan fingerprint density at radius 2 is 1.17 bits per heavy atom. The van der Waals surface area contributed by atoms with Gasteiger partial charge in [-0.3, -0.25) is 0 Å². The third-order valence-electron chi connectivity index (χ3n) is 4.42. The summed E-state index contributed by atoms with van der Waals surface area (Å²) >= 11 is 0. The first-order valence-electron chi connectivity index (χ1n) is 9.89. The van der Waals surface area contributed by atoms with Crippen molar-refractivity contribution in [2.24, 2.45) is 16.5 Å². The number of nitrogens with zero attached hydrogens (tertiary/aromatic N) is 1. The second-order valence-electron chi connectivity index (χ2n) is 6.79. The monoisotopic (exact) mass is 341 g/mol. The highest BCUT2D eigenvalue weighted by molar-refractivity contribution is 5.81. The number of carbonyl (C=O) groups is 1. The van der Waals surface area contributed by atoms with Gasteiger partial charge in [-0.15, -0.1) is 0 Å². The minimum Gasteiger partial charge on any atom is -0.480 e. The van der Waals surface area contributed by atoms with Crippen LogP contribution >= 0.6 is 0 Å². The van der Waals surface area contributed by atoms with E-state index >= 15 is 0 Å². The highest BCUT2D eigenvalue weighted by Gasteiger charge is 2.15. The van der Waals surface area contributed by atoms with E-state index in [2.05, 4.69) is 11.9 Å². The van der Waals surface area contributed by atoms with Crippen molar-refractivity contribution in [2.45, 2.75) is 109 Å². The van der Waals surface area contributed by atoms with Crippen molar-refractivity contribution >= 4 is 11.9 Å². The predicted molar refractivity (Wildman–Crippen MR) is 102 cm³/mol. The Balaban J connectivity index is 3.33. The van der Waals surface area contributed by atoms with Crippen LogP contribution < -0.4 is 11.5 Å². The van der Waals surface area contributed by atoms with Crippen molar-refractivity contribution < 1.29 is 9.90 Å². The number of aliphatic carboxylic acids is 1. The highest BCUT2D eigenvalue weighted by Crippen LogP contribution is 2.14. The fourth-order valence-electron chi connectivity index (χ4n) is 2.96. The lowest BCUT2D eigenvalue weighted by Gasteiger charge is -2.07. The van der Waals surface area contributed by atoms with Crippen LogP contribution in [-0.4, -0.2) is 23.1 Å². The fourth-order valence-corrected chi connectivity index (χ4v) is 2.96. The van der Waals surface area contributed by atoms with Gasteiger partial charge in [-0.1, -0.05) is 96.8 Å². The minimum atomic E-state index is -0.946. The van der Waals surface area contributed by atoms with Crippen LogP contribution in [0.15, 0.2) is 4.99 Å². The van der Waals surface area contributed by atoms with E-state index in [9.17, 15) is 4.79 Å². The van der Waals surface area contributed by atoms with Gasteiger partial charge < -0.3 is 16.6 Å². The van der Waals surface area contributed by atoms with Gasteiger partial charge in [0.15, 0.2) is 12.0 Å². The average Bonchev–Trinajstić information content (AvgIpc) is 2.53. The van der Waals surface area contributed by atoms with Crippen LogP contribution in [0.25, 0.3) is 0 Å². The first-order chi connectivity index (χ1) is 11.6. The van der Waals surface area contributed by atoms with E-state index < -0.39 is 12.0 Å². The largest absolute Gasteiger partial charge is 0.480 e. The van der Waals surface area contributed by atoms with E-state index in [0.29, 0.717) is 6.42 Å². The third kappa shape index (κ3) is 15.6. The van der Waals surface area contributed by atoms with Crippen molar-refractivity contribution in [3.63, 3.8) is 0 Å². The lowest BCUT2D eigenvalue weighted by atomic mass is 10.0. The first-order valence-corrected chi connectivity index (χ1v) is 9.89. The van der Waals surface area contributed by atoms with Gasteiger partial charge in [0.25, 0.3) is 0 Å². The summed E-state index contributed by atoms with van der Waals surface area (Å²) in [6.07, 6.45) is 18.6. The number of rotatable bonds is 17. The second-order valence-corrected chi connectivity index (χ2v) is 6.79. The van der Waals surface area contributed by atoms with Crippen LogP contribution in [-0.2, 0) is 4.79 Å². The highest BCUT2D eigenvalue weighted by atomic mass is 16.4. The fraction of sp³-hybridized carbons (Fsp3) is 0.895. The van der Waals surface area contributed by atoms with E-state index in [1.54, 1.807) is 0 Å². The smallest absolute Gasteiger partial charge is 0.328 e. The van der Waals surface area contributed by atoms with Gasteiger partial charge in [0.2, 0.25) is 0 Å². The van der Waals surface area contributed by atoms with Crippen LogP contribution in [0.4, 0.5) is 0 Å². The molecule has 0 rings (SSSR count). The molecule has 1 atom stereocenters. The number of carboxylic acid groups (broad SMARTS) is 1. The maximum absolute atomic E-state index is 11.0. The zero-order valence-corrected chi connectivity index (χ0v) is 15.6. The van der Waals surface area contributed by atoms with E-state index in [0.717, 1.165) is 12.8 Å². The molecule has 0 saturated heterocycles. The Morgan fingerprint density at radius 3 is 1.50 bits per heavy atom. The Morgan fingerprint density at radius 1 is 0.792 bits per heavy atom. The molecule has 0 heterocycles. The molecule has 0 bridgehead atoms. The Hall–Kier alpha value is -1.26. The lowest BCUT2D eigenvalue weighted by molar-refractivity contribution is -0.138. The molecular weight excluding hydrogens is 302 g/mol. The molecule has 0 saturated carbocycles. The Kier molecular flexibility index (Phi) is 15.7. The molecule has 0 amide bonds.